The Bertz CT molecular complexity index is 996. The highest BCUT2D eigenvalue weighted by Gasteiger charge is 2.69. The SMILES string of the molecule is Cc1ccc2c(c1C)[C@]13CCN(C)C(C2)[C@]1(C)Cc1c(sc(C)c1C)C3(C)C. The molecule has 1 aromatic heterocycles. The topological polar surface area (TPSA) is 3.24 Å². The van der Waals surface area contributed by atoms with E-state index in [1.54, 1.807) is 32.7 Å². The van der Waals surface area contributed by atoms with E-state index in [0.717, 1.165) is 0 Å². The molecule has 2 heteroatoms. The Balaban J connectivity index is 1.93. The molecule has 1 aliphatic heterocycles. The molecule has 1 unspecified atom stereocenters. The Morgan fingerprint density at radius 1 is 1.04 bits per heavy atom. The molecule has 1 aromatic carbocycles. The average molecular weight is 394 g/mol. The van der Waals surface area contributed by atoms with Crippen molar-refractivity contribution in [3.8, 4) is 0 Å². The number of piperidine rings is 1. The number of aryl methyl sites for hydroxylation is 2. The summed E-state index contributed by atoms with van der Waals surface area (Å²) in [4.78, 5) is 5.89. The molecule has 0 radical (unpaired) electrons. The standard InChI is InChI=1S/C26H35NS/c1-15-9-10-19-13-21-25(7)14-20-17(3)18(4)28-23(20)24(5,6)26(25,11-12-27(21)8)22(19)16(15)2/h9-10,21H,11-14H2,1-8H3/t21?,25-,26-/m0/s1. The predicted molar refractivity (Wildman–Crippen MR) is 121 cm³/mol. The fraction of sp³-hybridized carbons (Fsp3) is 0.615. The molecule has 3 atom stereocenters. The van der Waals surface area contributed by atoms with Gasteiger partial charge in [-0.2, -0.15) is 0 Å². The van der Waals surface area contributed by atoms with Crippen LogP contribution < -0.4 is 0 Å². The van der Waals surface area contributed by atoms with Crippen LogP contribution in [0.1, 0.15) is 70.3 Å². The fourth-order valence-electron chi connectivity index (χ4n) is 7.75. The van der Waals surface area contributed by atoms with E-state index in [2.05, 4.69) is 83.9 Å². The molecule has 2 aliphatic carbocycles. The number of nitrogens with zero attached hydrogens (tertiary/aromatic N) is 1. The summed E-state index contributed by atoms with van der Waals surface area (Å²) in [5.74, 6) is 0. The second-order valence-electron chi connectivity index (χ2n) is 10.7. The zero-order valence-electron chi connectivity index (χ0n) is 18.9. The molecule has 2 aromatic rings. The summed E-state index contributed by atoms with van der Waals surface area (Å²) in [6.45, 7) is 18.4. The maximum absolute atomic E-state index is 2.69. The molecule has 0 amide bonds. The van der Waals surface area contributed by atoms with E-state index >= 15 is 0 Å². The van der Waals surface area contributed by atoms with Crippen LogP contribution in [0, 0.1) is 33.1 Å². The zero-order valence-corrected chi connectivity index (χ0v) is 19.7. The quantitative estimate of drug-likeness (QED) is 0.529. The van der Waals surface area contributed by atoms with Crippen molar-refractivity contribution in [3.05, 3.63) is 55.3 Å². The summed E-state index contributed by atoms with van der Waals surface area (Å²) >= 11 is 2.09. The number of hydrogen-bond acceptors (Lipinski definition) is 2. The Morgan fingerprint density at radius 3 is 2.46 bits per heavy atom. The maximum Gasteiger partial charge on any atom is 0.0199 e. The molecule has 5 rings (SSSR count). The van der Waals surface area contributed by atoms with Gasteiger partial charge in [0.1, 0.15) is 0 Å². The predicted octanol–water partition coefficient (Wildman–Crippen LogP) is 6.02. The van der Waals surface area contributed by atoms with Crippen LogP contribution in [0.4, 0.5) is 0 Å². The summed E-state index contributed by atoms with van der Waals surface area (Å²) in [5.41, 5.74) is 10.3. The lowest BCUT2D eigenvalue weighted by Crippen LogP contribution is -2.72. The van der Waals surface area contributed by atoms with Crippen molar-refractivity contribution in [2.75, 3.05) is 13.6 Å². The van der Waals surface area contributed by atoms with Gasteiger partial charge in [-0.05, 0) is 99.3 Å². The summed E-state index contributed by atoms with van der Waals surface area (Å²) < 4.78 is 0. The maximum atomic E-state index is 2.69. The van der Waals surface area contributed by atoms with Crippen molar-refractivity contribution in [1.82, 2.24) is 4.90 Å². The molecule has 28 heavy (non-hydrogen) atoms. The first kappa shape index (κ1) is 18.9. The molecule has 0 saturated carbocycles. The lowest BCUT2D eigenvalue weighted by atomic mass is 9.37. The molecule has 1 fully saturated rings. The first-order valence-electron chi connectivity index (χ1n) is 11.0. The third kappa shape index (κ3) is 1.88. The van der Waals surface area contributed by atoms with Crippen molar-refractivity contribution >= 4 is 11.3 Å². The van der Waals surface area contributed by atoms with Gasteiger partial charge in [0.2, 0.25) is 0 Å². The zero-order chi connectivity index (χ0) is 20.2. The first-order valence-corrected chi connectivity index (χ1v) is 11.8. The third-order valence-corrected chi connectivity index (χ3v) is 11.0. The Morgan fingerprint density at radius 2 is 1.75 bits per heavy atom. The largest absolute Gasteiger partial charge is 0.302 e. The first-order chi connectivity index (χ1) is 13.1. The van der Waals surface area contributed by atoms with Crippen molar-refractivity contribution in [3.63, 3.8) is 0 Å². The van der Waals surface area contributed by atoms with Gasteiger partial charge in [0, 0.05) is 26.6 Å². The lowest BCUT2D eigenvalue weighted by molar-refractivity contribution is -0.0874. The normalized spacial score (nSPS) is 33.2. The van der Waals surface area contributed by atoms with Gasteiger partial charge in [0.25, 0.3) is 0 Å². The highest BCUT2D eigenvalue weighted by atomic mass is 32.1. The Kier molecular flexibility index (Phi) is 3.72. The molecule has 0 N–H and O–H groups in total. The van der Waals surface area contributed by atoms with Crippen LogP contribution in [0.2, 0.25) is 0 Å². The second kappa shape index (κ2) is 5.52. The van der Waals surface area contributed by atoms with Gasteiger partial charge >= 0.3 is 0 Å². The van der Waals surface area contributed by atoms with Crippen LogP contribution in [-0.4, -0.2) is 24.5 Å². The van der Waals surface area contributed by atoms with Gasteiger partial charge < -0.3 is 4.90 Å². The van der Waals surface area contributed by atoms with Gasteiger partial charge in [-0.3, -0.25) is 0 Å². The molecular weight excluding hydrogens is 358 g/mol. The van der Waals surface area contributed by atoms with Crippen molar-refractivity contribution in [1.29, 1.82) is 0 Å². The smallest absolute Gasteiger partial charge is 0.0199 e. The molecule has 1 nitrogen and oxygen atoms in total. The number of rotatable bonds is 0. The summed E-state index contributed by atoms with van der Waals surface area (Å²) in [5, 5.41) is 0. The van der Waals surface area contributed by atoms with Crippen molar-refractivity contribution < 1.29 is 0 Å². The van der Waals surface area contributed by atoms with Gasteiger partial charge in [-0.25, -0.2) is 0 Å². The van der Waals surface area contributed by atoms with Crippen LogP contribution in [0.25, 0.3) is 0 Å². The van der Waals surface area contributed by atoms with Crippen LogP contribution in [0.3, 0.4) is 0 Å². The second-order valence-corrected chi connectivity index (χ2v) is 11.9. The van der Waals surface area contributed by atoms with Gasteiger partial charge in [-0.15, -0.1) is 11.3 Å². The molecule has 1 saturated heterocycles. The summed E-state index contributed by atoms with van der Waals surface area (Å²) in [7, 11) is 2.38. The fourth-order valence-corrected chi connectivity index (χ4v) is 9.11. The van der Waals surface area contributed by atoms with Crippen molar-refractivity contribution in [2.45, 2.75) is 84.6 Å². The van der Waals surface area contributed by atoms with E-state index in [1.807, 2.05) is 0 Å². The van der Waals surface area contributed by atoms with E-state index in [9.17, 15) is 0 Å². The molecule has 2 heterocycles. The molecule has 150 valence electrons. The minimum absolute atomic E-state index is 0.159. The average Bonchev–Trinajstić information content (AvgIpc) is 2.90. The van der Waals surface area contributed by atoms with Gasteiger partial charge in [0.15, 0.2) is 0 Å². The highest BCUT2D eigenvalue weighted by molar-refractivity contribution is 7.12. The van der Waals surface area contributed by atoms with Gasteiger partial charge in [-0.1, -0.05) is 32.9 Å². The van der Waals surface area contributed by atoms with Crippen LogP contribution in [0.5, 0.6) is 0 Å². The minimum Gasteiger partial charge on any atom is -0.302 e. The van der Waals surface area contributed by atoms with E-state index in [4.69, 9.17) is 0 Å². The lowest BCUT2D eigenvalue weighted by Gasteiger charge is -2.70. The molecule has 3 aliphatic rings. The minimum atomic E-state index is 0.159. The Hall–Kier alpha value is -1.12. The van der Waals surface area contributed by atoms with Gasteiger partial charge in [0.05, 0.1) is 0 Å². The number of benzene rings is 1. The molecular formula is C26H35NS. The summed E-state index contributed by atoms with van der Waals surface area (Å²) in [6.07, 6.45) is 3.72. The van der Waals surface area contributed by atoms with E-state index in [0.29, 0.717) is 6.04 Å². The van der Waals surface area contributed by atoms with E-state index in [1.165, 1.54) is 36.2 Å². The monoisotopic (exact) mass is 393 g/mol. The number of thiophene rings is 1. The van der Waals surface area contributed by atoms with E-state index < -0.39 is 0 Å². The third-order valence-electron chi connectivity index (χ3n) is 9.43. The van der Waals surface area contributed by atoms with Crippen LogP contribution in [-0.2, 0) is 23.7 Å². The molecule has 0 spiro atoms. The number of hydrogen-bond donors (Lipinski definition) is 0. The number of fused-ring (bicyclic) bond motifs is 2. The van der Waals surface area contributed by atoms with Crippen molar-refractivity contribution in [2.24, 2.45) is 5.41 Å². The number of likely N-dealkylation sites (N-methyl/N-ethyl adjacent to an activating group) is 1. The van der Waals surface area contributed by atoms with Crippen LogP contribution >= 0.6 is 11.3 Å². The van der Waals surface area contributed by atoms with Crippen LogP contribution in [0.15, 0.2) is 12.1 Å². The summed E-state index contributed by atoms with van der Waals surface area (Å²) in [6, 6.07) is 5.45. The highest BCUT2D eigenvalue weighted by Crippen LogP contribution is 2.69. The van der Waals surface area contributed by atoms with E-state index in [-0.39, 0.29) is 16.2 Å². The number of likely N-dealkylation sites (tertiary alicyclic amines) is 1. The molecule has 2 bridgehead atoms. The Labute approximate surface area is 175 Å².